The number of benzene rings is 2. The van der Waals surface area contributed by atoms with Crippen molar-refractivity contribution in [1.29, 1.82) is 0 Å². The molecule has 25 heavy (non-hydrogen) atoms. The van der Waals surface area contributed by atoms with E-state index in [-0.39, 0.29) is 5.91 Å². The van der Waals surface area contributed by atoms with Gasteiger partial charge in [0.25, 0.3) is 5.91 Å². The van der Waals surface area contributed by atoms with Crippen LogP contribution < -0.4 is 0 Å². The van der Waals surface area contributed by atoms with Crippen molar-refractivity contribution in [3.05, 3.63) is 64.7 Å². The molecule has 1 heterocycles. The number of thioether (sulfide) groups is 1. The van der Waals surface area contributed by atoms with Crippen LogP contribution in [0.15, 0.2) is 53.4 Å². The van der Waals surface area contributed by atoms with Crippen LogP contribution in [0.4, 0.5) is 0 Å². The Bertz CT molecular complexity index is 720. The molecule has 0 spiro atoms. The number of carbonyl (C=O) groups is 1. The topological polar surface area (TPSA) is 23.6 Å². The Kier molecular flexibility index (Phi) is 6.40. The molecule has 0 radical (unpaired) electrons. The fourth-order valence-corrected chi connectivity index (χ4v) is 3.89. The van der Waals surface area contributed by atoms with Crippen molar-refractivity contribution in [2.24, 2.45) is 0 Å². The van der Waals surface area contributed by atoms with Crippen LogP contribution in [-0.4, -0.2) is 48.1 Å². The third kappa shape index (κ3) is 4.78. The molecule has 3 rings (SSSR count). The van der Waals surface area contributed by atoms with Gasteiger partial charge in [-0.15, -0.1) is 11.8 Å². The first kappa shape index (κ1) is 18.3. The molecule has 1 fully saturated rings. The summed E-state index contributed by atoms with van der Waals surface area (Å²) in [6, 6.07) is 15.9. The quantitative estimate of drug-likeness (QED) is 0.740. The van der Waals surface area contributed by atoms with E-state index < -0.39 is 0 Å². The van der Waals surface area contributed by atoms with Crippen LogP contribution in [0.1, 0.15) is 22.3 Å². The maximum Gasteiger partial charge on any atom is 0.255 e. The first-order valence-corrected chi connectivity index (χ1v) is 10.2. The van der Waals surface area contributed by atoms with Gasteiger partial charge < -0.3 is 4.90 Å². The summed E-state index contributed by atoms with van der Waals surface area (Å²) >= 11 is 7.59. The third-order valence-corrected chi connectivity index (χ3v) is 5.58. The van der Waals surface area contributed by atoms with Crippen molar-refractivity contribution in [1.82, 2.24) is 9.80 Å². The molecule has 0 unspecified atom stereocenters. The second-order valence-corrected chi connectivity index (χ2v) is 7.53. The van der Waals surface area contributed by atoms with Gasteiger partial charge in [0.1, 0.15) is 0 Å². The molecule has 0 atom stereocenters. The van der Waals surface area contributed by atoms with Gasteiger partial charge in [0.2, 0.25) is 0 Å². The molecule has 1 saturated heterocycles. The van der Waals surface area contributed by atoms with Gasteiger partial charge in [-0.25, -0.2) is 0 Å². The van der Waals surface area contributed by atoms with Crippen LogP contribution in [-0.2, 0) is 6.54 Å². The monoisotopic (exact) mass is 374 g/mol. The van der Waals surface area contributed by atoms with Crippen LogP contribution in [0.2, 0.25) is 5.02 Å². The van der Waals surface area contributed by atoms with Crippen LogP contribution >= 0.6 is 23.4 Å². The molecule has 1 aliphatic rings. The molecule has 5 heteroatoms. The Labute approximate surface area is 159 Å². The Morgan fingerprint density at radius 3 is 2.56 bits per heavy atom. The minimum absolute atomic E-state index is 0.151. The maximum absolute atomic E-state index is 12.9. The second-order valence-electron chi connectivity index (χ2n) is 6.25. The Balaban J connectivity index is 1.63. The lowest BCUT2D eigenvalue weighted by Gasteiger charge is -2.23. The average molecular weight is 375 g/mol. The predicted molar refractivity (Wildman–Crippen MR) is 105 cm³/mol. The molecule has 1 aliphatic heterocycles. The van der Waals surface area contributed by atoms with Gasteiger partial charge in [-0.2, -0.15) is 0 Å². The molecule has 0 N–H and O–H groups in total. The Morgan fingerprint density at radius 2 is 1.80 bits per heavy atom. The van der Waals surface area contributed by atoms with Crippen LogP contribution in [0.3, 0.4) is 0 Å². The molecule has 1 amide bonds. The third-order valence-electron chi connectivity index (χ3n) is 4.53. The zero-order valence-corrected chi connectivity index (χ0v) is 16.0. The SMILES string of the molecule is CSc1ccccc1C(=O)N1CCCN(Cc2ccc(Cl)cc2)CC1. The summed E-state index contributed by atoms with van der Waals surface area (Å²) in [6.45, 7) is 4.40. The minimum atomic E-state index is 0.151. The van der Waals surface area contributed by atoms with Crippen molar-refractivity contribution < 1.29 is 4.79 Å². The van der Waals surface area contributed by atoms with Gasteiger partial charge in [-0.05, 0) is 42.5 Å². The van der Waals surface area contributed by atoms with Crippen molar-refractivity contribution >= 4 is 29.3 Å². The molecule has 132 valence electrons. The van der Waals surface area contributed by atoms with E-state index in [0.29, 0.717) is 0 Å². The van der Waals surface area contributed by atoms with Gasteiger partial charge in [0.15, 0.2) is 0 Å². The fraction of sp³-hybridized carbons (Fsp3) is 0.350. The molecular weight excluding hydrogens is 352 g/mol. The maximum atomic E-state index is 12.9. The summed E-state index contributed by atoms with van der Waals surface area (Å²) in [6.07, 6.45) is 3.02. The summed E-state index contributed by atoms with van der Waals surface area (Å²) in [5, 5.41) is 0.767. The standard InChI is InChI=1S/C20H23ClN2OS/c1-25-19-6-3-2-5-18(19)20(24)23-12-4-11-22(13-14-23)15-16-7-9-17(21)10-8-16/h2-3,5-10H,4,11-15H2,1H3. The largest absolute Gasteiger partial charge is 0.337 e. The van der Waals surface area contributed by atoms with E-state index in [2.05, 4.69) is 17.0 Å². The normalized spacial score (nSPS) is 15.8. The van der Waals surface area contributed by atoms with E-state index in [9.17, 15) is 4.79 Å². The second kappa shape index (κ2) is 8.75. The molecule has 0 aliphatic carbocycles. The Morgan fingerprint density at radius 1 is 1.04 bits per heavy atom. The number of nitrogens with zero attached hydrogens (tertiary/aromatic N) is 2. The molecule has 0 aromatic heterocycles. The van der Waals surface area contributed by atoms with Gasteiger partial charge in [0.05, 0.1) is 5.56 Å². The summed E-state index contributed by atoms with van der Waals surface area (Å²) in [7, 11) is 0. The van der Waals surface area contributed by atoms with Crippen LogP contribution in [0, 0.1) is 0 Å². The van der Waals surface area contributed by atoms with E-state index in [1.807, 2.05) is 47.6 Å². The van der Waals surface area contributed by atoms with E-state index in [1.165, 1.54) is 5.56 Å². The molecule has 2 aromatic rings. The van der Waals surface area contributed by atoms with Crippen LogP contribution in [0.25, 0.3) is 0 Å². The van der Waals surface area contributed by atoms with E-state index in [4.69, 9.17) is 11.6 Å². The molecule has 3 nitrogen and oxygen atoms in total. The summed E-state index contributed by atoms with van der Waals surface area (Å²) in [5.74, 6) is 0.151. The smallest absolute Gasteiger partial charge is 0.255 e. The van der Waals surface area contributed by atoms with Crippen LogP contribution in [0.5, 0.6) is 0 Å². The van der Waals surface area contributed by atoms with E-state index >= 15 is 0 Å². The minimum Gasteiger partial charge on any atom is -0.337 e. The predicted octanol–water partition coefficient (Wildman–Crippen LogP) is 4.41. The summed E-state index contributed by atoms with van der Waals surface area (Å²) in [5.41, 5.74) is 2.08. The zero-order chi connectivity index (χ0) is 17.6. The highest BCUT2D eigenvalue weighted by atomic mass is 35.5. The molecule has 0 saturated carbocycles. The number of rotatable bonds is 4. The highest BCUT2D eigenvalue weighted by Crippen LogP contribution is 2.22. The molecular formula is C20H23ClN2OS. The highest BCUT2D eigenvalue weighted by molar-refractivity contribution is 7.98. The van der Waals surface area contributed by atoms with E-state index in [1.54, 1.807) is 11.8 Å². The van der Waals surface area contributed by atoms with E-state index in [0.717, 1.165) is 54.6 Å². The fourth-order valence-electron chi connectivity index (χ4n) is 3.17. The number of amides is 1. The average Bonchev–Trinajstić information content (AvgIpc) is 2.88. The zero-order valence-electron chi connectivity index (χ0n) is 14.5. The molecule has 0 bridgehead atoms. The first-order chi connectivity index (χ1) is 12.2. The lowest BCUT2D eigenvalue weighted by molar-refractivity contribution is 0.0757. The Hall–Kier alpha value is -1.49. The van der Waals surface area contributed by atoms with Crippen molar-refractivity contribution in [2.45, 2.75) is 17.9 Å². The number of hydrogen-bond donors (Lipinski definition) is 0. The number of carbonyl (C=O) groups excluding carboxylic acids is 1. The van der Waals surface area contributed by atoms with Gasteiger partial charge in [-0.1, -0.05) is 35.9 Å². The highest BCUT2D eigenvalue weighted by Gasteiger charge is 2.22. The van der Waals surface area contributed by atoms with Gasteiger partial charge >= 0.3 is 0 Å². The number of hydrogen-bond acceptors (Lipinski definition) is 3. The van der Waals surface area contributed by atoms with Crippen molar-refractivity contribution in [3.8, 4) is 0 Å². The lowest BCUT2D eigenvalue weighted by Crippen LogP contribution is -2.35. The van der Waals surface area contributed by atoms with Gasteiger partial charge in [-0.3, -0.25) is 9.69 Å². The van der Waals surface area contributed by atoms with Crippen molar-refractivity contribution in [2.75, 3.05) is 32.4 Å². The van der Waals surface area contributed by atoms with Gasteiger partial charge in [0, 0.05) is 42.6 Å². The summed E-state index contributed by atoms with van der Waals surface area (Å²) < 4.78 is 0. The first-order valence-electron chi connectivity index (χ1n) is 8.56. The van der Waals surface area contributed by atoms with Crippen molar-refractivity contribution in [3.63, 3.8) is 0 Å². The molecule has 2 aromatic carbocycles. The number of halogens is 1. The summed E-state index contributed by atoms with van der Waals surface area (Å²) in [4.78, 5) is 18.4. The lowest BCUT2D eigenvalue weighted by atomic mass is 10.2.